The molecule has 2 aromatic carbocycles. The number of guanidine groups is 4. The summed E-state index contributed by atoms with van der Waals surface area (Å²) in [5.41, 5.74) is 14.4. The Morgan fingerprint density at radius 2 is 0.840 bits per heavy atom. The molecule has 0 aromatic heterocycles. The van der Waals surface area contributed by atoms with Crippen molar-refractivity contribution in [1.29, 1.82) is 0 Å². The molecule has 0 heterocycles. The van der Waals surface area contributed by atoms with E-state index in [0.29, 0.717) is 47.0 Å². The van der Waals surface area contributed by atoms with E-state index in [-0.39, 0.29) is 0 Å². The Hall–Kier alpha value is -3.50. The molecule has 0 atom stereocenters. The summed E-state index contributed by atoms with van der Waals surface area (Å²) in [6.07, 6.45) is 12.7. The zero-order valence-electron chi connectivity index (χ0n) is 30.9. The molecular formula is C38H62Cl2N10. The Morgan fingerprint density at radius 3 is 1.14 bits per heavy atom. The first-order valence-corrected chi connectivity index (χ1v) is 19.4. The highest BCUT2D eigenvalue weighted by molar-refractivity contribution is 6.31. The molecule has 0 bridgehead atoms. The number of hydrogen-bond donors (Lipinski definition) is 4. The number of anilines is 2. The summed E-state index contributed by atoms with van der Waals surface area (Å²) in [7, 11) is 0. The number of nitrogens with two attached hydrogens (primary N) is 2. The van der Waals surface area contributed by atoms with Crippen molar-refractivity contribution in [3.8, 4) is 0 Å². The summed E-state index contributed by atoms with van der Waals surface area (Å²) in [6, 6.07) is 14.8. The van der Waals surface area contributed by atoms with Crippen molar-refractivity contribution >= 4 is 58.4 Å². The fourth-order valence-corrected chi connectivity index (χ4v) is 5.25. The van der Waals surface area contributed by atoms with Gasteiger partial charge in [0.1, 0.15) is 0 Å². The summed E-state index contributed by atoms with van der Waals surface area (Å²) in [4.78, 5) is 24.0. The maximum Gasteiger partial charge on any atom is 0.223 e. The van der Waals surface area contributed by atoms with E-state index in [1.54, 1.807) is 0 Å². The molecule has 0 aliphatic heterocycles. The van der Waals surface area contributed by atoms with Gasteiger partial charge in [-0.1, -0.05) is 89.4 Å². The van der Waals surface area contributed by atoms with Gasteiger partial charge in [-0.05, 0) is 87.1 Å². The van der Waals surface area contributed by atoms with Crippen LogP contribution in [0, 0.1) is 0 Å². The SMILES string of the molecule is CCCCN(CCCC)C(=NCCCCCCN=C(/N=C(\N)Nc1ccc(Cl)cc1)N(CCCC)CCCC)/N=C(/N)Nc1ccc(Cl)cc1. The summed E-state index contributed by atoms with van der Waals surface area (Å²) in [5, 5.41) is 7.70. The molecular weight excluding hydrogens is 667 g/mol. The number of hydrogen-bond acceptors (Lipinski definition) is 2. The summed E-state index contributed by atoms with van der Waals surface area (Å²) < 4.78 is 0. The third-order valence-corrected chi connectivity index (χ3v) is 8.44. The highest BCUT2D eigenvalue weighted by Crippen LogP contribution is 2.15. The molecule has 0 fully saturated rings. The average molecular weight is 730 g/mol. The van der Waals surface area contributed by atoms with Gasteiger partial charge < -0.3 is 31.9 Å². The van der Waals surface area contributed by atoms with Crippen LogP contribution in [0.15, 0.2) is 68.5 Å². The van der Waals surface area contributed by atoms with Gasteiger partial charge in [-0.3, -0.25) is 9.98 Å². The van der Waals surface area contributed by atoms with E-state index in [1.165, 1.54) is 0 Å². The van der Waals surface area contributed by atoms with Crippen LogP contribution in [0.3, 0.4) is 0 Å². The molecule has 0 spiro atoms. The van der Waals surface area contributed by atoms with Gasteiger partial charge in [0.2, 0.25) is 23.8 Å². The summed E-state index contributed by atoms with van der Waals surface area (Å²) in [5.74, 6) is 2.02. The van der Waals surface area contributed by atoms with E-state index in [2.05, 4.69) is 48.1 Å². The summed E-state index contributed by atoms with van der Waals surface area (Å²) >= 11 is 12.1. The number of nitrogens with zero attached hydrogens (tertiary/aromatic N) is 6. The second kappa shape index (κ2) is 26.3. The first-order chi connectivity index (χ1) is 24.3. The van der Waals surface area contributed by atoms with E-state index in [1.807, 2.05) is 48.5 Å². The molecule has 2 aromatic rings. The number of halogens is 2. The van der Waals surface area contributed by atoms with Crippen molar-refractivity contribution in [2.24, 2.45) is 31.4 Å². The van der Waals surface area contributed by atoms with Gasteiger partial charge in [0.05, 0.1) is 0 Å². The van der Waals surface area contributed by atoms with Crippen LogP contribution >= 0.6 is 23.2 Å². The number of aliphatic imine (C=N–C) groups is 4. The molecule has 10 nitrogen and oxygen atoms in total. The van der Waals surface area contributed by atoms with Crippen LogP contribution in [0.2, 0.25) is 10.0 Å². The fourth-order valence-electron chi connectivity index (χ4n) is 5.00. The number of rotatable bonds is 21. The normalized spacial score (nSPS) is 12.7. The van der Waals surface area contributed by atoms with E-state index in [9.17, 15) is 0 Å². The van der Waals surface area contributed by atoms with Crippen LogP contribution in [-0.4, -0.2) is 72.9 Å². The second-order valence-electron chi connectivity index (χ2n) is 12.4. The minimum absolute atomic E-state index is 0.316. The molecule has 0 aliphatic rings. The second-order valence-corrected chi connectivity index (χ2v) is 13.3. The first-order valence-electron chi connectivity index (χ1n) is 18.6. The predicted molar refractivity (Wildman–Crippen MR) is 219 cm³/mol. The molecule has 2 rings (SSSR count). The molecule has 6 N–H and O–H groups in total. The zero-order chi connectivity index (χ0) is 36.4. The maximum absolute atomic E-state index is 6.36. The Balaban J connectivity index is 2.07. The minimum atomic E-state index is 0.316. The van der Waals surface area contributed by atoms with Crippen molar-refractivity contribution in [3.63, 3.8) is 0 Å². The Bertz CT molecular complexity index is 1190. The molecule has 0 radical (unpaired) electrons. The van der Waals surface area contributed by atoms with Crippen LogP contribution in [0.4, 0.5) is 11.4 Å². The first kappa shape index (κ1) is 42.7. The molecule has 0 aliphatic carbocycles. The Kier molecular flexibility index (Phi) is 22.5. The highest BCUT2D eigenvalue weighted by atomic mass is 35.5. The van der Waals surface area contributed by atoms with Gasteiger partial charge in [0.15, 0.2) is 0 Å². The van der Waals surface area contributed by atoms with E-state index < -0.39 is 0 Å². The van der Waals surface area contributed by atoms with E-state index in [4.69, 9.17) is 54.6 Å². The standard InChI is InChI=1S/C38H62Cl2N10/c1-5-9-27-49(28-10-6-2)37(47-35(41)45-33-21-17-31(39)18-22-33)43-25-15-13-14-16-26-44-38(50(29-11-7-3)30-12-8-4)48-36(42)46-34-23-19-32(40)20-24-34/h17-24H,5-16,25-30H2,1-4H3,(H3,41,43,45,47)(H3,42,44,46,48). The smallest absolute Gasteiger partial charge is 0.223 e. The monoisotopic (exact) mass is 728 g/mol. The van der Waals surface area contributed by atoms with Gasteiger partial charge in [-0.2, -0.15) is 9.98 Å². The lowest BCUT2D eigenvalue weighted by molar-refractivity contribution is 0.392. The molecule has 0 amide bonds. The molecule has 0 saturated heterocycles. The third-order valence-electron chi connectivity index (χ3n) is 7.94. The predicted octanol–water partition coefficient (Wildman–Crippen LogP) is 9.22. The topological polar surface area (TPSA) is 132 Å². The van der Waals surface area contributed by atoms with Crippen molar-refractivity contribution in [3.05, 3.63) is 58.6 Å². The lowest BCUT2D eigenvalue weighted by atomic mass is 10.2. The third kappa shape index (κ3) is 18.5. The molecule has 278 valence electrons. The highest BCUT2D eigenvalue weighted by Gasteiger charge is 2.13. The van der Waals surface area contributed by atoms with Crippen LogP contribution < -0.4 is 22.1 Å². The van der Waals surface area contributed by atoms with Gasteiger partial charge in [0.25, 0.3) is 0 Å². The molecule has 0 saturated carbocycles. The van der Waals surface area contributed by atoms with Gasteiger partial charge in [-0.25, -0.2) is 0 Å². The van der Waals surface area contributed by atoms with Crippen molar-refractivity contribution in [2.45, 2.75) is 105 Å². The average Bonchev–Trinajstić information content (AvgIpc) is 3.10. The molecule has 50 heavy (non-hydrogen) atoms. The molecule has 12 heteroatoms. The Morgan fingerprint density at radius 1 is 0.520 bits per heavy atom. The maximum atomic E-state index is 6.36. The Labute approximate surface area is 311 Å². The number of nitrogens with one attached hydrogen (secondary N) is 2. The lowest BCUT2D eigenvalue weighted by Crippen LogP contribution is -2.35. The summed E-state index contributed by atoms with van der Waals surface area (Å²) in [6.45, 7) is 13.8. The van der Waals surface area contributed by atoms with Gasteiger partial charge >= 0.3 is 0 Å². The van der Waals surface area contributed by atoms with Crippen LogP contribution in [0.5, 0.6) is 0 Å². The van der Waals surface area contributed by atoms with E-state index >= 15 is 0 Å². The largest absolute Gasteiger partial charge is 0.369 e. The zero-order valence-corrected chi connectivity index (χ0v) is 32.5. The van der Waals surface area contributed by atoms with Crippen molar-refractivity contribution in [1.82, 2.24) is 9.80 Å². The quantitative estimate of drug-likeness (QED) is 0.0576. The van der Waals surface area contributed by atoms with Crippen molar-refractivity contribution < 1.29 is 0 Å². The van der Waals surface area contributed by atoms with Crippen LogP contribution in [0.1, 0.15) is 105 Å². The molecule has 0 unspecified atom stereocenters. The fraction of sp³-hybridized carbons (Fsp3) is 0.579. The number of unbranched alkanes of at least 4 members (excludes halogenated alkanes) is 7. The van der Waals surface area contributed by atoms with Gasteiger partial charge in [0, 0.05) is 60.7 Å². The van der Waals surface area contributed by atoms with E-state index in [0.717, 1.165) is 115 Å². The van der Waals surface area contributed by atoms with Crippen LogP contribution in [0.25, 0.3) is 0 Å². The number of benzene rings is 2. The van der Waals surface area contributed by atoms with Crippen LogP contribution in [-0.2, 0) is 0 Å². The minimum Gasteiger partial charge on any atom is -0.369 e. The van der Waals surface area contributed by atoms with Gasteiger partial charge in [-0.15, -0.1) is 0 Å². The lowest BCUT2D eigenvalue weighted by Gasteiger charge is -2.24. The van der Waals surface area contributed by atoms with Crippen molar-refractivity contribution in [2.75, 3.05) is 49.9 Å².